The van der Waals surface area contributed by atoms with Gasteiger partial charge in [-0.1, -0.05) is 18.2 Å². The van der Waals surface area contributed by atoms with E-state index in [2.05, 4.69) is 5.32 Å². The fourth-order valence-corrected chi connectivity index (χ4v) is 4.21. The number of halogens is 1. The van der Waals surface area contributed by atoms with E-state index in [-0.39, 0.29) is 10.6 Å². The number of sulfonamides is 1. The maximum Gasteiger partial charge on any atom is 0.331 e. The van der Waals surface area contributed by atoms with Gasteiger partial charge in [0.15, 0.2) is 6.61 Å². The molecule has 0 spiro atoms. The first kappa shape index (κ1) is 22.6. The van der Waals surface area contributed by atoms with Crippen molar-refractivity contribution in [2.75, 3.05) is 38.2 Å². The Hall–Kier alpha value is -3.08. The smallest absolute Gasteiger partial charge is 0.331 e. The predicted molar refractivity (Wildman–Crippen MR) is 111 cm³/mol. The molecule has 8 nitrogen and oxygen atoms in total. The van der Waals surface area contributed by atoms with E-state index in [1.54, 1.807) is 12.1 Å². The van der Waals surface area contributed by atoms with Crippen LogP contribution >= 0.6 is 0 Å². The third-order valence-corrected chi connectivity index (χ3v) is 6.27. The molecule has 0 aromatic heterocycles. The molecule has 2 aromatic carbocycles. The van der Waals surface area contributed by atoms with E-state index in [4.69, 9.17) is 9.47 Å². The Labute approximate surface area is 179 Å². The van der Waals surface area contributed by atoms with E-state index in [9.17, 15) is 22.4 Å². The van der Waals surface area contributed by atoms with Crippen molar-refractivity contribution in [1.29, 1.82) is 0 Å². The van der Waals surface area contributed by atoms with Crippen LogP contribution in [-0.4, -0.2) is 57.5 Å². The van der Waals surface area contributed by atoms with Gasteiger partial charge in [-0.25, -0.2) is 17.6 Å². The molecule has 0 saturated carbocycles. The van der Waals surface area contributed by atoms with Crippen molar-refractivity contribution >= 4 is 33.7 Å². The van der Waals surface area contributed by atoms with Crippen LogP contribution in [0.4, 0.5) is 10.1 Å². The van der Waals surface area contributed by atoms with E-state index >= 15 is 0 Å². The normalized spacial score (nSPS) is 15.0. The summed E-state index contributed by atoms with van der Waals surface area (Å²) in [5.74, 6) is -1.86. The molecule has 1 fully saturated rings. The highest BCUT2D eigenvalue weighted by Crippen LogP contribution is 2.18. The Morgan fingerprint density at radius 2 is 1.84 bits per heavy atom. The fourth-order valence-electron chi connectivity index (χ4n) is 2.80. The zero-order chi connectivity index (χ0) is 22.3. The summed E-state index contributed by atoms with van der Waals surface area (Å²) < 4.78 is 49.6. The van der Waals surface area contributed by atoms with E-state index in [1.165, 1.54) is 40.7 Å². The van der Waals surface area contributed by atoms with Crippen molar-refractivity contribution in [2.45, 2.75) is 4.90 Å². The van der Waals surface area contributed by atoms with Gasteiger partial charge in [-0.05, 0) is 42.0 Å². The summed E-state index contributed by atoms with van der Waals surface area (Å²) in [6, 6.07) is 11.4. The number of amides is 1. The predicted octanol–water partition coefficient (Wildman–Crippen LogP) is 2.04. The second-order valence-corrected chi connectivity index (χ2v) is 8.52. The zero-order valence-corrected chi connectivity index (χ0v) is 17.3. The molecule has 1 aliphatic heterocycles. The number of anilines is 1. The van der Waals surface area contributed by atoms with Gasteiger partial charge in [0.25, 0.3) is 5.91 Å². The highest BCUT2D eigenvalue weighted by molar-refractivity contribution is 7.89. The highest BCUT2D eigenvalue weighted by Gasteiger charge is 2.25. The Morgan fingerprint density at radius 3 is 2.52 bits per heavy atom. The topological polar surface area (TPSA) is 102 Å². The molecule has 2 aromatic rings. The highest BCUT2D eigenvalue weighted by atomic mass is 32.2. The lowest BCUT2D eigenvalue weighted by Gasteiger charge is -2.26. The minimum atomic E-state index is -3.59. The number of carbonyl (C=O) groups excluding carboxylic acids is 2. The van der Waals surface area contributed by atoms with Crippen LogP contribution in [0.2, 0.25) is 0 Å². The number of ether oxygens (including phenoxy) is 2. The molecule has 0 unspecified atom stereocenters. The molecule has 1 N–H and O–H groups in total. The Balaban J connectivity index is 1.50. The largest absolute Gasteiger partial charge is 0.452 e. The van der Waals surface area contributed by atoms with E-state index in [1.807, 2.05) is 0 Å². The molecule has 164 valence electrons. The van der Waals surface area contributed by atoms with Crippen molar-refractivity contribution in [3.8, 4) is 0 Å². The number of hydrogen-bond acceptors (Lipinski definition) is 6. The second-order valence-electron chi connectivity index (χ2n) is 6.59. The van der Waals surface area contributed by atoms with Crippen LogP contribution < -0.4 is 5.32 Å². The molecule has 31 heavy (non-hydrogen) atoms. The molecule has 3 rings (SSSR count). The van der Waals surface area contributed by atoms with Gasteiger partial charge < -0.3 is 14.8 Å². The zero-order valence-electron chi connectivity index (χ0n) is 16.5. The second kappa shape index (κ2) is 10.3. The molecule has 1 saturated heterocycles. The third kappa shape index (κ3) is 6.45. The summed E-state index contributed by atoms with van der Waals surface area (Å²) in [6.45, 7) is 0.812. The number of rotatable bonds is 7. The minimum Gasteiger partial charge on any atom is -0.452 e. The van der Waals surface area contributed by atoms with Crippen molar-refractivity contribution in [3.63, 3.8) is 0 Å². The average molecular weight is 448 g/mol. The summed E-state index contributed by atoms with van der Waals surface area (Å²) in [5.41, 5.74) is 0.839. The van der Waals surface area contributed by atoms with Crippen LogP contribution in [0, 0.1) is 5.82 Å². The molecule has 0 aliphatic carbocycles. The van der Waals surface area contributed by atoms with Crippen molar-refractivity contribution in [1.82, 2.24) is 4.31 Å². The van der Waals surface area contributed by atoms with Gasteiger partial charge in [-0.2, -0.15) is 4.31 Å². The molecule has 10 heteroatoms. The Morgan fingerprint density at radius 1 is 1.13 bits per heavy atom. The number of esters is 1. The number of hydrogen-bond donors (Lipinski definition) is 1. The molecule has 1 heterocycles. The van der Waals surface area contributed by atoms with Gasteiger partial charge in [0.2, 0.25) is 10.0 Å². The summed E-state index contributed by atoms with van der Waals surface area (Å²) in [7, 11) is -3.59. The molecular weight excluding hydrogens is 427 g/mol. The number of carbonyl (C=O) groups is 2. The van der Waals surface area contributed by atoms with Crippen LogP contribution in [-0.2, 0) is 29.1 Å². The first-order valence-corrected chi connectivity index (χ1v) is 10.9. The van der Waals surface area contributed by atoms with Crippen LogP contribution in [0.15, 0.2) is 59.5 Å². The number of nitrogens with one attached hydrogen (secondary N) is 1. The number of morpholine rings is 1. The van der Waals surface area contributed by atoms with Crippen LogP contribution in [0.5, 0.6) is 0 Å². The van der Waals surface area contributed by atoms with Crippen molar-refractivity contribution < 1.29 is 31.9 Å². The van der Waals surface area contributed by atoms with Gasteiger partial charge in [-0.15, -0.1) is 0 Å². The summed E-state index contributed by atoms with van der Waals surface area (Å²) in [5, 5.41) is 2.41. The summed E-state index contributed by atoms with van der Waals surface area (Å²) in [4.78, 5) is 23.7. The average Bonchev–Trinajstić information content (AvgIpc) is 2.77. The molecule has 0 atom stereocenters. The molecule has 0 radical (unpaired) electrons. The Bertz CT molecular complexity index is 1060. The van der Waals surface area contributed by atoms with E-state index < -0.39 is 34.3 Å². The van der Waals surface area contributed by atoms with Gasteiger partial charge in [0.05, 0.1) is 18.1 Å². The third-order valence-electron chi connectivity index (χ3n) is 4.35. The van der Waals surface area contributed by atoms with E-state index in [0.717, 1.165) is 12.1 Å². The van der Waals surface area contributed by atoms with E-state index in [0.29, 0.717) is 31.9 Å². The first-order valence-electron chi connectivity index (χ1n) is 9.43. The fraction of sp³-hybridized carbons (Fsp3) is 0.238. The molecular formula is C21H21FN2O6S. The monoisotopic (exact) mass is 448 g/mol. The Kier molecular flexibility index (Phi) is 7.50. The number of benzene rings is 2. The van der Waals surface area contributed by atoms with Crippen LogP contribution in [0.3, 0.4) is 0 Å². The maximum atomic E-state index is 13.1. The van der Waals surface area contributed by atoms with Crippen LogP contribution in [0.1, 0.15) is 5.56 Å². The number of nitrogens with zero attached hydrogens (tertiary/aromatic N) is 1. The molecule has 1 amide bonds. The van der Waals surface area contributed by atoms with Crippen LogP contribution in [0.25, 0.3) is 6.08 Å². The molecule has 1 aliphatic rings. The minimum absolute atomic E-state index is 0.156. The quantitative estimate of drug-likeness (QED) is 0.514. The van der Waals surface area contributed by atoms with Gasteiger partial charge >= 0.3 is 5.97 Å². The first-order chi connectivity index (χ1) is 14.8. The standard InChI is InChI=1S/C21H21FN2O6S/c22-17-2-1-3-18(14-17)23-20(25)15-30-21(26)9-6-16-4-7-19(8-5-16)31(27,28)24-10-12-29-13-11-24/h1-9,14H,10-13,15H2,(H,23,25)/b9-6+. The van der Waals surface area contributed by atoms with Crippen molar-refractivity contribution in [2.24, 2.45) is 0 Å². The lowest BCUT2D eigenvalue weighted by molar-refractivity contribution is -0.142. The van der Waals surface area contributed by atoms with Crippen molar-refractivity contribution in [3.05, 3.63) is 66.0 Å². The summed E-state index contributed by atoms with van der Waals surface area (Å²) >= 11 is 0. The lowest BCUT2D eigenvalue weighted by Crippen LogP contribution is -2.40. The summed E-state index contributed by atoms with van der Waals surface area (Å²) in [6.07, 6.45) is 2.57. The van der Waals surface area contributed by atoms with Gasteiger partial charge in [-0.3, -0.25) is 4.79 Å². The maximum absolute atomic E-state index is 13.1. The SMILES string of the molecule is O=C(COC(=O)/C=C/c1ccc(S(=O)(=O)N2CCOCC2)cc1)Nc1cccc(F)c1. The molecule has 0 bridgehead atoms. The lowest BCUT2D eigenvalue weighted by atomic mass is 10.2. The van der Waals surface area contributed by atoms with Gasteiger partial charge in [0.1, 0.15) is 5.82 Å². The van der Waals surface area contributed by atoms with Gasteiger partial charge in [0, 0.05) is 24.9 Å².